The van der Waals surface area contributed by atoms with E-state index in [9.17, 15) is 9.59 Å². The molecule has 1 aromatic rings. The maximum Gasteiger partial charge on any atom is 0.251 e. The molecule has 1 unspecified atom stereocenters. The molecule has 6 rings (SSSR count). The number of hydrogen-bond donors (Lipinski definition) is 1. The third-order valence-corrected chi connectivity index (χ3v) is 8.20. The summed E-state index contributed by atoms with van der Waals surface area (Å²) in [4.78, 5) is 29.0. The molecule has 0 spiro atoms. The summed E-state index contributed by atoms with van der Waals surface area (Å²) < 4.78 is 0. The zero-order valence-electron chi connectivity index (χ0n) is 17.7. The first kappa shape index (κ1) is 19.1. The number of carbonyl (C=O) groups is 2. The van der Waals surface area contributed by atoms with E-state index in [1.165, 1.54) is 25.7 Å². The van der Waals surface area contributed by atoms with Crippen molar-refractivity contribution in [2.24, 2.45) is 23.2 Å². The van der Waals surface area contributed by atoms with E-state index in [2.05, 4.69) is 5.32 Å². The van der Waals surface area contributed by atoms with Crippen LogP contribution in [0.4, 0.5) is 0 Å². The Morgan fingerprint density at radius 3 is 2.03 bits per heavy atom. The van der Waals surface area contributed by atoms with E-state index >= 15 is 0 Å². The SMILES string of the molecule is Cc1ccc(C(=O)NC(C(=O)N2CCCCC2)C23CC4CC(CC(C4)C2)C3)cc1. The van der Waals surface area contributed by atoms with Gasteiger partial charge in [-0.05, 0) is 94.6 Å². The van der Waals surface area contributed by atoms with Crippen LogP contribution in [0.3, 0.4) is 0 Å². The Labute approximate surface area is 174 Å². The predicted molar refractivity (Wildman–Crippen MR) is 113 cm³/mol. The molecule has 4 saturated carbocycles. The molecule has 4 aliphatic carbocycles. The average Bonchev–Trinajstić information content (AvgIpc) is 2.71. The van der Waals surface area contributed by atoms with E-state index in [4.69, 9.17) is 0 Å². The standard InChI is InChI=1S/C25H34N2O2/c1-17-5-7-21(8-6-17)23(28)26-22(24(29)27-9-3-2-4-10-27)25-14-18-11-19(15-25)13-20(12-18)16-25/h5-8,18-20,22H,2-4,9-16H2,1H3,(H,26,28). The van der Waals surface area contributed by atoms with Crippen LogP contribution in [0.15, 0.2) is 24.3 Å². The van der Waals surface area contributed by atoms with Crippen LogP contribution in [-0.2, 0) is 4.79 Å². The lowest BCUT2D eigenvalue weighted by Gasteiger charge is -2.59. The second kappa shape index (κ2) is 7.45. The number of rotatable bonds is 4. The second-order valence-corrected chi connectivity index (χ2v) is 10.4. The van der Waals surface area contributed by atoms with E-state index in [-0.39, 0.29) is 23.3 Å². The normalized spacial score (nSPS) is 34.1. The largest absolute Gasteiger partial charge is 0.341 e. The Morgan fingerprint density at radius 2 is 1.48 bits per heavy atom. The molecule has 2 amide bonds. The first-order valence-electron chi connectivity index (χ1n) is 11.7. The lowest BCUT2D eigenvalue weighted by molar-refractivity contribution is -0.145. The molecular formula is C25H34N2O2. The number of benzene rings is 1. The molecule has 4 heteroatoms. The highest BCUT2D eigenvalue weighted by Gasteiger charge is 2.56. The van der Waals surface area contributed by atoms with E-state index < -0.39 is 0 Å². The first-order valence-corrected chi connectivity index (χ1v) is 11.7. The number of nitrogens with zero attached hydrogens (tertiary/aromatic N) is 1. The fourth-order valence-corrected chi connectivity index (χ4v) is 7.22. The molecule has 5 fully saturated rings. The predicted octanol–water partition coefficient (Wildman–Crippen LogP) is 4.32. The fraction of sp³-hybridized carbons (Fsp3) is 0.680. The van der Waals surface area contributed by atoms with Gasteiger partial charge in [0.25, 0.3) is 5.91 Å². The van der Waals surface area contributed by atoms with Gasteiger partial charge in [-0.15, -0.1) is 0 Å². The van der Waals surface area contributed by atoms with Crippen molar-refractivity contribution in [3.63, 3.8) is 0 Å². The number of aryl methyl sites for hydroxylation is 1. The zero-order valence-corrected chi connectivity index (χ0v) is 17.7. The second-order valence-electron chi connectivity index (χ2n) is 10.4. The van der Waals surface area contributed by atoms with Crippen LogP contribution in [0.1, 0.15) is 73.7 Å². The highest BCUT2D eigenvalue weighted by atomic mass is 16.2. The maximum absolute atomic E-state index is 13.7. The summed E-state index contributed by atoms with van der Waals surface area (Å²) in [5.41, 5.74) is 1.78. The maximum atomic E-state index is 13.7. The molecule has 1 heterocycles. The van der Waals surface area contributed by atoms with Crippen LogP contribution < -0.4 is 5.32 Å². The van der Waals surface area contributed by atoms with Crippen LogP contribution in [0.25, 0.3) is 0 Å². The van der Waals surface area contributed by atoms with Crippen molar-refractivity contribution in [3.05, 3.63) is 35.4 Å². The van der Waals surface area contributed by atoms with Crippen molar-refractivity contribution < 1.29 is 9.59 Å². The van der Waals surface area contributed by atoms with Gasteiger partial charge in [0, 0.05) is 24.1 Å². The van der Waals surface area contributed by atoms with E-state index in [1.54, 1.807) is 0 Å². The summed E-state index contributed by atoms with van der Waals surface area (Å²) in [6.07, 6.45) is 10.8. The van der Waals surface area contributed by atoms with Gasteiger partial charge in [-0.2, -0.15) is 0 Å². The zero-order chi connectivity index (χ0) is 20.0. The molecule has 1 aliphatic heterocycles. The molecule has 0 aromatic heterocycles. The Morgan fingerprint density at radius 1 is 0.931 bits per heavy atom. The average molecular weight is 395 g/mol. The third-order valence-electron chi connectivity index (χ3n) is 8.20. The monoisotopic (exact) mass is 394 g/mol. The highest BCUT2D eigenvalue weighted by molar-refractivity contribution is 5.98. The van der Waals surface area contributed by atoms with Gasteiger partial charge in [-0.1, -0.05) is 17.7 Å². The summed E-state index contributed by atoms with van der Waals surface area (Å²) in [5.74, 6) is 2.38. The number of piperidine rings is 1. The molecule has 1 aromatic carbocycles. The van der Waals surface area contributed by atoms with Crippen molar-refractivity contribution in [2.75, 3.05) is 13.1 Å². The lowest BCUT2D eigenvalue weighted by Crippen LogP contribution is -2.62. The molecule has 1 atom stereocenters. The van der Waals surface area contributed by atoms with Gasteiger partial charge in [0.2, 0.25) is 5.91 Å². The number of amides is 2. The van der Waals surface area contributed by atoms with Crippen molar-refractivity contribution in [3.8, 4) is 0 Å². The fourth-order valence-electron chi connectivity index (χ4n) is 7.22. The minimum atomic E-state index is -0.359. The molecule has 1 N–H and O–H groups in total. The van der Waals surface area contributed by atoms with Crippen LogP contribution in [-0.4, -0.2) is 35.8 Å². The summed E-state index contributed by atoms with van der Waals surface area (Å²) in [6.45, 7) is 3.73. The van der Waals surface area contributed by atoms with E-state index in [0.717, 1.165) is 68.5 Å². The summed E-state index contributed by atoms with van der Waals surface area (Å²) >= 11 is 0. The van der Waals surface area contributed by atoms with Crippen molar-refractivity contribution in [2.45, 2.75) is 70.8 Å². The lowest BCUT2D eigenvalue weighted by atomic mass is 9.47. The topological polar surface area (TPSA) is 49.4 Å². The molecule has 5 aliphatic rings. The van der Waals surface area contributed by atoms with Crippen LogP contribution in [0.2, 0.25) is 0 Å². The van der Waals surface area contributed by atoms with Gasteiger partial charge in [0.1, 0.15) is 6.04 Å². The Hall–Kier alpha value is -1.84. The minimum Gasteiger partial charge on any atom is -0.341 e. The van der Waals surface area contributed by atoms with E-state index in [0.29, 0.717) is 5.56 Å². The molecule has 1 saturated heterocycles. The van der Waals surface area contributed by atoms with E-state index in [1.807, 2.05) is 36.1 Å². The molecular weight excluding hydrogens is 360 g/mol. The summed E-state index contributed by atoms with van der Waals surface area (Å²) in [7, 11) is 0. The minimum absolute atomic E-state index is 0.0242. The number of carbonyl (C=O) groups excluding carboxylic acids is 2. The Balaban J connectivity index is 1.43. The smallest absolute Gasteiger partial charge is 0.251 e. The van der Waals surface area contributed by atoms with Gasteiger partial charge in [0.15, 0.2) is 0 Å². The molecule has 0 radical (unpaired) electrons. The van der Waals surface area contributed by atoms with Crippen LogP contribution in [0.5, 0.6) is 0 Å². The first-order chi connectivity index (χ1) is 14.0. The van der Waals surface area contributed by atoms with Gasteiger partial charge in [-0.25, -0.2) is 0 Å². The highest BCUT2D eigenvalue weighted by Crippen LogP contribution is 2.61. The van der Waals surface area contributed by atoms with Gasteiger partial charge < -0.3 is 10.2 Å². The third kappa shape index (κ3) is 3.60. The van der Waals surface area contributed by atoms with Crippen molar-refractivity contribution in [1.82, 2.24) is 10.2 Å². The number of hydrogen-bond acceptors (Lipinski definition) is 2. The van der Waals surface area contributed by atoms with Crippen molar-refractivity contribution in [1.29, 1.82) is 0 Å². The molecule has 29 heavy (non-hydrogen) atoms. The summed E-state index contributed by atoms with van der Waals surface area (Å²) in [6, 6.07) is 7.35. The Bertz CT molecular complexity index is 743. The van der Waals surface area contributed by atoms with Crippen LogP contribution in [0, 0.1) is 30.1 Å². The molecule has 156 valence electrons. The molecule has 4 nitrogen and oxygen atoms in total. The number of likely N-dealkylation sites (tertiary alicyclic amines) is 1. The van der Waals surface area contributed by atoms with Crippen molar-refractivity contribution >= 4 is 11.8 Å². The van der Waals surface area contributed by atoms with Crippen LogP contribution >= 0.6 is 0 Å². The van der Waals surface area contributed by atoms with Gasteiger partial charge >= 0.3 is 0 Å². The van der Waals surface area contributed by atoms with Gasteiger partial charge in [0.05, 0.1) is 0 Å². The number of nitrogens with one attached hydrogen (secondary N) is 1. The van der Waals surface area contributed by atoms with Gasteiger partial charge in [-0.3, -0.25) is 9.59 Å². The Kier molecular flexibility index (Phi) is 4.92. The summed E-state index contributed by atoms with van der Waals surface area (Å²) in [5, 5.41) is 3.28. The molecule has 4 bridgehead atoms. The quantitative estimate of drug-likeness (QED) is 0.827.